The molecule has 0 spiro atoms. The Labute approximate surface area is 125 Å². The highest BCUT2D eigenvalue weighted by molar-refractivity contribution is 5.85. The molecule has 0 fully saturated rings. The number of carbonyl (C=O) groups is 2. The van der Waals surface area contributed by atoms with Gasteiger partial charge in [0.1, 0.15) is 5.78 Å². The Balaban J connectivity index is 3.24. The van der Waals surface area contributed by atoms with Gasteiger partial charge in [-0.2, -0.15) is 0 Å². The summed E-state index contributed by atoms with van der Waals surface area (Å²) in [6, 6.07) is 6.00. The fourth-order valence-corrected chi connectivity index (χ4v) is 1.31. The normalized spacial score (nSPS) is 22.0. The van der Waals surface area contributed by atoms with E-state index in [1.165, 1.54) is 12.1 Å². The van der Waals surface area contributed by atoms with E-state index in [9.17, 15) is 9.59 Å². The van der Waals surface area contributed by atoms with Crippen molar-refractivity contribution >= 4 is 11.7 Å². The third kappa shape index (κ3) is 5.66. The molecule has 0 heterocycles. The monoisotopic (exact) mass is 271 g/mol. The number of ketones is 1. The van der Waals surface area contributed by atoms with E-state index in [2.05, 4.69) is 4.74 Å². The van der Waals surface area contributed by atoms with Crippen molar-refractivity contribution in [3.63, 3.8) is 0 Å². The first kappa shape index (κ1) is 7.20. The molecule has 1 rings (SSSR count). The first-order valence-electron chi connectivity index (χ1n) is 9.59. The molecule has 0 saturated carbocycles. The van der Waals surface area contributed by atoms with Gasteiger partial charge < -0.3 is 14.8 Å². The summed E-state index contributed by atoms with van der Waals surface area (Å²) < 4.78 is 65.0. The molecule has 0 bridgehead atoms. The number of rotatable bonds is 7. The maximum atomic E-state index is 12.6. The second-order valence-electron chi connectivity index (χ2n) is 4.01. The third-order valence-electron chi connectivity index (χ3n) is 2.25. The van der Waals surface area contributed by atoms with Gasteiger partial charge in [-0.1, -0.05) is 29.8 Å². The molecular formula is C15H21NO3. The minimum atomic E-state index is -3.39. The number of hydrogen-bond donors (Lipinski definition) is 1. The van der Waals surface area contributed by atoms with E-state index in [0.29, 0.717) is 0 Å². The van der Waals surface area contributed by atoms with Crippen LogP contribution in [0.1, 0.15) is 35.4 Å². The van der Waals surface area contributed by atoms with E-state index < -0.39 is 44.1 Å². The smallest absolute Gasteiger partial charge is 0.226 e. The Morgan fingerprint density at radius 1 is 1.47 bits per heavy atom. The van der Waals surface area contributed by atoms with E-state index in [4.69, 9.17) is 11.0 Å². The van der Waals surface area contributed by atoms with Gasteiger partial charge in [-0.25, -0.2) is 0 Å². The van der Waals surface area contributed by atoms with Crippen molar-refractivity contribution in [3.8, 4) is 0 Å². The zero-order valence-corrected chi connectivity index (χ0v) is 10.7. The molecule has 4 nitrogen and oxygen atoms in total. The van der Waals surface area contributed by atoms with Crippen LogP contribution in [0.3, 0.4) is 0 Å². The van der Waals surface area contributed by atoms with Crippen LogP contribution in [0.2, 0.25) is 0 Å². The van der Waals surface area contributed by atoms with Crippen molar-refractivity contribution < 1.29 is 25.3 Å². The van der Waals surface area contributed by atoms with Gasteiger partial charge in [0, 0.05) is 21.3 Å². The van der Waals surface area contributed by atoms with Gasteiger partial charge in [-0.15, -0.1) is 0 Å². The summed E-state index contributed by atoms with van der Waals surface area (Å²) >= 11 is 0. The third-order valence-corrected chi connectivity index (χ3v) is 2.25. The number of Topliss-reactive ketones (excluding diaryl/α,β-unsaturated/α-hetero) is 1. The fourth-order valence-electron chi connectivity index (χ4n) is 1.31. The first-order chi connectivity index (χ1) is 12.0. The molecule has 1 aromatic rings. The van der Waals surface area contributed by atoms with Crippen molar-refractivity contribution in [2.75, 3.05) is 13.6 Å². The van der Waals surface area contributed by atoms with Crippen LogP contribution in [0.4, 0.5) is 0 Å². The molecule has 0 radical (unpaired) electrons. The van der Waals surface area contributed by atoms with Crippen molar-refractivity contribution in [1.82, 2.24) is 5.32 Å². The zero-order valence-electron chi connectivity index (χ0n) is 18.7. The second-order valence-corrected chi connectivity index (χ2v) is 4.01. The maximum Gasteiger partial charge on any atom is 0.226 e. The van der Waals surface area contributed by atoms with Crippen molar-refractivity contribution in [2.45, 2.75) is 26.8 Å². The first-order valence-corrected chi connectivity index (χ1v) is 5.59. The van der Waals surface area contributed by atoms with E-state index in [-0.39, 0.29) is 5.56 Å². The SMILES string of the molecule is [2H]C([2H])([2H])OC([2H])([2H])C([2H])(CC(C)=O)C(=O)NC([2H])([2H])c1ccc(C)cc1. The number of amides is 1. The van der Waals surface area contributed by atoms with Gasteiger partial charge >= 0.3 is 0 Å². The number of nitrogens with one attached hydrogen (secondary N) is 1. The van der Waals surface area contributed by atoms with Gasteiger partial charge in [0.25, 0.3) is 0 Å². The molecule has 4 heteroatoms. The van der Waals surface area contributed by atoms with Gasteiger partial charge in [-0.3, -0.25) is 4.79 Å². The van der Waals surface area contributed by atoms with Crippen LogP contribution in [-0.2, 0) is 20.8 Å². The zero-order chi connectivity index (χ0) is 21.3. The Bertz CT molecular complexity index is 702. The van der Waals surface area contributed by atoms with Crippen LogP contribution in [0.25, 0.3) is 0 Å². The van der Waals surface area contributed by atoms with E-state index in [0.717, 1.165) is 12.5 Å². The topological polar surface area (TPSA) is 55.4 Å². The number of carbonyl (C=O) groups excluding carboxylic acids is 2. The van der Waals surface area contributed by atoms with Crippen LogP contribution >= 0.6 is 0 Å². The van der Waals surface area contributed by atoms with E-state index in [1.54, 1.807) is 19.1 Å². The molecule has 1 amide bonds. The molecule has 1 N–H and O–H groups in total. The van der Waals surface area contributed by atoms with Gasteiger partial charge in [0.05, 0.1) is 22.0 Å². The Kier molecular flexibility index (Phi) is 2.91. The molecule has 104 valence electrons. The van der Waals surface area contributed by atoms with Crippen LogP contribution < -0.4 is 5.32 Å². The fraction of sp³-hybridized carbons (Fsp3) is 0.467. The van der Waals surface area contributed by atoms with Crippen LogP contribution in [0.5, 0.6) is 0 Å². The molecule has 1 aromatic carbocycles. The minimum absolute atomic E-state index is 0.0314. The lowest BCUT2D eigenvalue weighted by molar-refractivity contribution is -0.130. The average molecular weight is 271 g/mol. The predicted molar refractivity (Wildman–Crippen MR) is 73.7 cm³/mol. The molecule has 0 saturated heterocycles. The maximum absolute atomic E-state index is 12.6. The average Bonchev–Trinajstić information content (AvgIpc) is 2.43. The second kappa shape index (κ2) is 7.69. The van der Waals surface area contributed by atoms with Crippen LogP contribution in [0.15, 0.2) is 24.3 Å². The summed E-state index contributed by atoms with van der Waals surface area (Å²) in [6.45, 7) is -3.11. The molecule has 19 heavy (non-hydrogen) atoms. The Morgan fingerprint density at radius 3 is 2.74 bits per heavy atom. The molecule has 0 aliphatic heterocycles. The summed E-state index contributed by atoms with van der Waals surface area (Å²) in [5.74, 6) is -5.31. The van der Waals surface area contributed by atoms with Crippen LogP contribution in [-0.4, -0.2) is 25.3 Å². The highest BCUT2D eigenvalue weighted by Crippen LogP contribution is 2.07. The number of ether oxygens (including phenoxy) is 1. The molecular weight excluding hydrogens is 242 g/mol. The number of hydrogen-bond acceptors (Lipinski definition) is 3. The summed E-state index contributed by atoms with van der Waals surface area (Å²) in [5.41, 5.74) is 0.874. The largest absolute Gasteiger partial charge is 0.384 e. The van der Waals surface area contributed by atoms with Gasteiger partial charge in [0.15, 0.2) is 0 Å². The number of aryl methyl sites for hydroxylation is 1. The summed E-state index contributed by atoms with van der Waals surface area (Å²) in [5, 5.41) is 1.88. The van der Waals surface area contributed by atoms with Crippen molar-refractivity contribution in [3.05, 3.63) is 35.4 Å². The summed E-state index contributed by atoms with van der Waals surface area (Å²) in [7, 11) is -3.27. The lowest BCUT2D eigenvalue weighted by Crippen LogP contribution is -2.33. The van der Waals surface area contributed by atoms with Crippen molar-refractivity contribution in [1.29, 1.82) is 0 Å². The highest BCUT2D eigenvalue weighted by atomic mass is 16.5. The summed E-state index contributed by atoms with van der Waals surface area (Å²) in [4.78, 5) is 24.1. The van der Waals surface area contributed by atoms with E-state index in [1.807, 2.05) is 5.32 Å². The lowest BCUT2D eigenvalue weighted by Gasteiger charge is -2.14. The molecule has 0 aliphatic carbocycles. The molecule has 0 aliphatic rings. The quantitative estimate of drug-likeness (QED) is 0.823. The minimum Gasteiger partial charge on any atom is -0.384 e. The summed E-state index contributed by atoms with van der Waals surface area (Å²) in [6.07, 6.45) is -1.01. The predicted octanol–water partition coefficient (Wildman–Crippen LogP) is 1.85. The lowest BCUT2D eigenvalue weighted by atomic mass is 10.0. The van der Waals surface area contributed by atoms with Gasteiger partial charge in [-0.05, 0) is 19.4 Å². The number of methoxy groups -OCH3 is 1. The standard InChI is InChI=1S/C15H21NO3/c1-11-4-6-13(7-5-11)9-16-15(18)14(10-19-3)8-12(2)17/h4-7,14H,8-10H2,1-3H3,(H,16,18)/i3D3,9D2,10D2,14D. The molecule has 0 aromatic heterocycles. The van der Waals surface area contributed by atoms with Crippen molar-refractivity contribution in [2.24, 2.45) is 5.89 Å². The van der Waals surface area contributed by atoms with E-state index >= 15 is 0 Å². The Morgan fingerprint density at radius 2 is 2.16 bits per heavy atom. The van der Waals surface area contributed by atoms with Gasteiger partial charge in [0.2, 0.25) is 5.91 Å². The molecule has 1 unspecified atom stereocenters. The number of benzene rings is 1. The van der Waals surface area contributed by atoms with Crippen LogP contribution in [0, 0.1) is 12.8 Å². The highest BCUT2D eigenvalue weighted by Gasteiger charge is 2.19. The molecule has 1 atom stereocenters. The Hall–Kier alpha value is -1.68.